The van der Waals surface area contributed by atoms with Gasteiger partial charge < -0.3 is 15.2 Å². The SMILES string of the molecule is Cc1cc(F)cc(-c2cccc3[nH]c(-c4n[nH]c5ncc(-c6cncc(NC(=O)CN(C)C)c6)cc45)cc23)c1. The largest absolute Gasteiger partial charge is 0.353 e. The van der Waals surface area contributed by atoms with Crippen LogP contribution in [0.3, 0.4) is 0 Å². The summed E-state index contributed by atoms with van der Waals surface area (Å²) in [6.45, 7) is 2.17. The highest BCUT2D eigenvalue weighted by molar-refractivity contribution is 6.01. The quantitative estimate of drug-likeness (QED) is 0.259. The van der Waals surface area contributed by atoms with Crippen molar-refractivity contribution in [3.8, 4) is 33.6 Å². The van der Waals surface area contributed by atoms with Gasteiger partial charge in [-0.1, -0.05) is 18.2 Å². The number of nitrogens with zero attached hydrogens (tertiary/aromatic N) is 4. The molecule has 0 spiro atoms. The summed E-state index contributed by atoms with van der Waals surface area (Å²) in [5.74, 6) is -0.373. The topological polar surface area (TPSA) is 103 Å². The van der Waals surface area contributed by atoms with E-state index in [0.717, 1.165) is 55.5 Å². The van der Waals surface area contributed by atoms with Crippen LogP contribution in [0.2, 0.25) is 0 Å². The predicted octanol–water partition coefficient (Wildman–Crippen LogP) is 5.78. The summed E-state index contributed by atoms with van der Waals surface area (Å²) >= 11 is 0. The van der Waals surface area contributed by atoms with Crippen LogP contribution in [-0.2, 0) is 4.79 Å². The second-order valence-corrected chi connectivity index (χ2v) is 9.91. The van der Waals surface area contributed by atoms with Gasteiger partial charge in [0.1, 0.15) is 11.5 Å². The van der Waals surface area contributed by atoms with Gasteiger partial charge in [0.05, 0.1) is 24.1 Å². The van der Waals surface area contributed by atoms with Crippen molar-refractivity contribution in [1.82, 2.24) is 30.0 Å². The molecule has 3 N–H and O–H groups in total. The Kier molecular flexibility index (Phi) is 6.12. The van der Waals surface area contributed by atoms with Crippen LogP contribution < -0.4 is 5.32 Å². The van der Waals surface area contributed by atoms with Crippen molar-refractivity contribution in [3.05, 3.63) is 84.6 Å². The molecule has 39 heavy (non-hydrogen) atoms. The Morgan fingerprint density at radius 2 is 1.82 bits per heavy atom. The molecule has 0 aliphatic heterocycles. The van der Waals surface area contributed by atoms with Crippen molar-refractivity contribution < 1.29 is 9.18 Å². The second-order valence-electron chi connectivity index (χ2n) is 9.91. The average Bonchev–Trinajstić information content (AvgIpc) is 3.51. The number of amides is 1. The maximum atomic E-state index is 14.2. The average molecular weight is 520 g/mol. The van der Waals surface area contributed by atoms with E-state index in [0.29, 0.717) is 11.3 Å². The van der Waals surface area contributed by atoms with Gasteiger partial charge in [0, 0.05) is 39.8 Å². The number of fused-ring (bicyclic) bond motifs is 2. The van der Waals surface area contributed by atoms with Crippen LogP contribution in [0.15, 0.2) is 73.2 Å². The molecular formula is C30H26FN7O. The lowest BCUT2D eigenvalue weighted by Crippen LogP contribution is -2.27. The van der Waals surface area contributed by atoms with Gasteiger partial charge in [-0.05, 0) is 74.1 Å². The summed E-state index contributed by atoms with van der Waals surface area (Å²) in [7, 11) is 3.68. The smallest absolute Gasteiger partial charge is 0.238 e. The van der Waals surface area contributed by atoms with Crippen molar-refractivity contribution in [1.29, 1.82) is 0 Å². The number of halogens is 1. The van der Waals surface area contributed by atoms with Gasteiger partial charge >= 0.3 is 0 Å². The molecule has 6 rings (SSSR count). The number of benzene rings is 2. The fourth-order valence-electron chi connectivity index (χ4n) is 4.85. The molecule has 0 fully saturated rings. The number of anilines is 1. The van der Waals surface area contributed by atoms with Crippen molar-refractivity contribution in [2.45, 2.75) is 6.92 Å². The molecule has 0 saturated heterocycles. The van der Waals surface area contributed by atoms with E-state index >= 15 is 0 Å². The number of carbonyl (C=O) groups is 1. The van der Waals surface area contributed by atoms with Gasteiger partial charge in [0.25, 0.3) is 0 Å². The second kappa shape index (κ2) is 9.77. The summed E-state index contributed by atoms with van der Waals surface area (Å²) in [4.78, 5) is 26.4. The number of carbonyl (C=O) groups excluding carboxylic acids is 1. The normalized spacial score (nSPS) is 11.5. The molecule has 0 bridgehead atoms. The lowest BCUT2D eigenvalue weighted by molar-refractivity contribution is -0.116. The van der Waals surface area contributed by atoms with Crippen LogP contribution in [0.4, 0.5) is 10.1 Å². The zero-order valence-corrected chi connectivity index (χ0v) is 21.7. The number of H-pyrrole nitrogens is 2. The standard InChI is InChI=1S/C30H26FN7O/c1-17-7-18(9-21(31)8-17)23-5-4-6-26-24(23)12-27(35-26)29-25-11-20(14-33-30(25)37-36-29)19-10-22(15-32-13-19)34-28(39)16-38(2)3/h4-15,35H,16H2,1-3H3,(H,34,39)(H,33,36,37). The Hall–Kier alpha value is -4.89. The number of hydrogen-bond acceptors (Lipinski definition) is 5. The molecule has 0 atom stereocenters. The summed E-state index contributed by atoms with van der Waals surface area (Å²) in [6.07, 6.45) is 5.11. The molecule has 6 aromatic rings. The number of aromatic nitrogens is 5. The zero-order valence-electron chi connectivity index (χ0n) is 21.7. The first-order valence-corrected chi connectivity index (χ1v) is 12.5. The number of rotatable bonds is 6. The van der Waals surface area contributed by atoms with E-state index in [1.165, 1.54) is 6.07 Å². The summed E-state index contributed by atoms with van der Waals surface area (Å²) in [5.41, 5.74) is 8.02. The molecule has 0 aliphatic carbocycles. The van der Waals surface area contributed by atoms with Gasteiger partial charge in [-0.3, -0.25) is 14.9 Å². The van der Waals surface area contributed by atoms with Crippen LogP contribution in [0.5, 0.6) is 0 Å². The maximum Gasteiger partial charge on any atom is 0.238 e. The number of aromatic amines is 2. The van der Waals surface area contributed by atoms with Gasteiger partial charge in [-0.15, -0.1) is 0 Å². The number of likely N-dealkylation sites (N-methyl/N-ethyl adjacent to an activating group) is 1. The van der Waals surface area contributed by atoms with Gasteiger partial charge in [0.2, 0.25) is 5.91 Å². The third kappa shape index (κ3) is 4.87. The number of hydrogen-bond donors (Lipinski definition) is 3. The van der Waals surface area contributed by atoms with Gasteiger partial charge in [-0.2, -0.15) is 5.10 Å². The van der Waals surface area contributed by atoms with Crippen molar-refractivity contribution >= 4 is 33.5 Å². The molecule has 0 unspecified atom stereocenters. The Morgan fingerprint density at radius 3 is 2.64 bits per heavy atom. The molecular weight excluding hydrogens is 493 g/mol. The van der Waals surface area contributed by atoms with E-state index in [9.17, 15) is 9.18 Å². The lowest BCUT2D eigenvalue weighted by Gasteiger charge is -2.10. The van der Waals surface area contributed by atoms with E-state index in [4.69, 9.17) is 0 Å². The monoisotopic (exact) mass is 519 g/mol. The molecule has 0 aliphatic rings. The minimum atomic E-state index is -0.259. The molecule has 9 heteroatoms. The van der Waals surface area contributed by atoms with Crippen molar-refractivity contribution in [2.24, 2.45) is 0 Å². The summed E-state index contributed by atoms with van der Waals surface area (Å²) in [6, 6.07) is 16.9. The molecule has 1 amide bonds. The highest BCUT2D eigenvalue weighted by atomic mass is 19.1. The lowest BCUT2D eigenvalue weighted by atomic mass is 9.99. The van der Waals surface area contributed by atoms with Crippen molar-refractivity contribution in [2.75, 3.05) is 26.0 Å². The first-order valence-electron chi connectivity index (χ1n) is 12.5. The summed E-state index contributed by atoms with van der Waals surface area (Å²) in [5, 5.41) is 12.3. The third-order valence-electron chi connectivity index (χ3n) is 6.50. The first kappa shape index (κ1) is 24.4. The van der Waals surface area contributed by atoms with E-state index in [2.05, 4.69) is 30.5 Å². The van der Waals surface area contributed by atoms with Crippen LogP contribution in [0.1, 0.15) is 5.56 Å². The Bertz CT molecular complexity index is 1830. The van der Waals surface area contributed by atoms with E-state index in [1.807, 2.05) is 63.5 Å². The molecule has 0 saturated carbocycles. The first-order chi connectivity index (χ1) is 18.8. The molecule has 0 radical (unpaired) electrons. The molecule has 4 aromatic heterocycles. The third-order valence-corrected chi connectivity index (χ3v) is 6.50. The van der Waals surface area contributed by atoms with E-state index < -0.39 is 0 Å². The van der Waals surface area contributed by atoms with E-state index in [1.54, 1.807) is 29.6 Å². The minimum absolute atomic E-state index is 0.115. The van der Waals surface area contributed by atoms with Gasteiger partial charge in [-0.25, -0.2) is 9.37 Å². The molecule has 194 valence electrons. The number of pyridine rings is 2. The van der Waals surface area contributed by atoms with Crippen LogP contribution in [0.25, 0.3) is 55.6 Å². The highest BCUT2D eigenvalue weighted by Gasteiger charge is 2.16. The fraction of sp³-hybridized carbons (Fsp3) is 0.133. The molecule has 4 heterocycles. The fourth-order valence-corrected chi connectivity index (χ4v) is 4.85. The zero-order chi connectivity index (χ0) is 27.1. The van der Waals surface area contributed by atoms with E-state index in [-0.39, 0.29) is 18.3 Å². The molecule has 8 nitrogen and oxygen atoms in total. The molecule has 2 aromatic carbocycles. The number of nitrogens with one attached hydrogen (secondary N) is 3. The Morgan fingerprint density at radius 1 is 0.974 bits per heavy atom. The minimum Gasteiger partial charge on any atom is -0.353 e. The van der Waals surface area contributed by atoms with Crippen LogP contribution in [0, 0.1) is 12.7 Å². The van der Waals surface area contributed by atoms with Crippen LogP contribution >= 0.6 is 0 Å². The number of aryl methyl sites for hydroxylation is 1. The highest BCUT2D eigenvalue weighted by Crippen LogP contribution is 2.35. The van der Waals surface area contributed by atoms with Crippen molar-refractivity contribution in [3.63, 3.8) is 0 Å². The Labute approximate surface area is 223 Å². The maximum absolute atomic E-state index is 14.2. The Balaban J connectivity index is 1.39. The van der Waals surface area contributed by atoms with Crippen LogP contribution in [-0.4, -0.2) is 56.6 Å². The predicted molar refractivity (Wildman–Crippen MR) is 152 cm³/mol. The van der Waals surface area contributed by atoms with Gasteiger partial charge in [0.15, 0.2) is 5.65 Å². The summed E-state index contributed by atoms with van der Waals surface area (Å²) < 4.78 is 14.2.